The molecule has 0 bridgehead atoms. The van der Waals surface area contributed by atoms with Crippen LogP contribution in [0.15, 0.2) is 24.3 Å². The SMILES string of the molecule is CC(=O)OC[C@@H]1Cc2c([nH]c3ccccc23)CN1C(=S)S. The number of aromatic nitrogens is 1. The second-order valence-corrected chi connectivity index (χ2v) is 6.31. The Kier molecular flexibility index (Phi) is 3.91. The molecule has 1 atom stereocenters. The number of benzene rings is 1. The van der Waals surface area contributed by atoms with Gasteiger partial charge >= 0.3 is 5.97 Å². The molecule has 1 aliphatic rings. The zero-order valence-electron chi connectivity index (χ0n) is 11.6. The maximum atomic E-state index is 11.1. The van der Waals surface area contributed by atoms with Crippen LogP contribution in [0.2, 0.25) is 0 Å². The minimum Gasteiger partial charge on any atom is -0.464 e. The Morgan fingerprint density at radius 3 is 3.00 bits per heavy atom. The number of thiol groups is 1. The van der Waals surface area contributed by atoms with Gasteiger partial charge in [-0.25, -0.2) is 0 Å². The number of esters is 1. The maximum absolute atomic E-state index is 11.1. The summed E-state index contributed by atoms with van der Waals surface area (Å²) in [6, 6.07) is 8.26. The van der Waals surface area contributed by atoms with Gasteiger partial charge in [-0.1, -0.05) is 30.4 Å². The molecule has 3 rings (SSSR count). The smallest absolute Gasteiger partial charge is 0.302 e. The average molecular weight is 320 g/mol. The Morgan fingerprint density at radius 1 is 1.52 bits per heavy atom. The summed E-state index contributed by atoms with van der Waals surface area (Å²) in [6.07, 6.45) is 0.785. The van der Waals surface area contributed by atoms with Crippen molar-refractivity contribution in [1.29, 1.82) is 0 Å². The summed E-state index contributed by atoms with van der Waals surface area (Å²) >= 11 is 9.52. The number of carbonyl (C=O) groups is 1. The Bertz CT molecular complexity index is 711. The molecule has 0 fully saturated rings. The summed E-state index contributed by atoms with van der Waals surface area (Å²) in [5, 5.41) is 1.23. The monoisotopic (exact) mass is 320 g/mol. The number of carbonyl (C=O) groups excluding carboxylic acids is 1. The van der Waals surface area contributed by atoms with E-state index in [1.165, 1.54) is 17.9 Å². The van der Waals surface area contributed by atoms with E-state index < -0.39 is 0 Å². The lowest BCUT2D eigenvalue weighted by atomic mass is 9.97. The fourth-order valence-corrected chi connectivity index (χ4v) is 3.30. The molecule has 1 aromatic carbocycles. The minimum absolute atomic E-state index is 0.0330. The fourth-order valence-electron chi connectivity index (χ4n) is 2.86. The van der Waals surface area contributed by atoms with Gasteiger partial charge in [0.25, 0.3) is 0 Å². The van der Waals surface area contributed by atoms with Crippen LogP contribution >= 0.6 is 24.8 Å². The molecule has 0 spiro atoms. The summed E-state index contributed by atoms with van der Waals surface area (Å²) in [4.78, 5) is 16.5. The van der Waals surface area contributed by atoms with E-state index in [0.717, 1.165) is 17.6 Å². The Balaban J connectivity index is 1.95. The third-order valence-electron chi connectivity index (χ3n) is 3.84. The van der Waals surface area contributed by atoms with Crippen molar-refractivity contribution < 1.29 is 9.53 Å². The third kappa shape index (κ3) is 2.78. The van der Waals surface area contributed by atoms with Crippen molar-refractivity contribution in [3.8, 4) is 0 Å². The molecule has 1 N–H and O–H groups in total. The van der Waals surface area contributed by atoms with Crippen LogP contribution in [0, 0.1) is 0 Å². The number of nitrogens with zero attached hydrogens (tertiary/aromatic N) is 1. The molecule has 1 aromatic heterocycles. The first-order chi connectivity index (χ1) is 10.1. The molecule has 0 saturated carbocycles. The average Bonchev–Trinajstić information content (AvgIpc) is 2.81. The van der Waals surface area contributed by atoms with Gasteiger partial charge in [0, 0.05) is 23.5 Å². The van der Waals surface area contributed by atoms with E-state index in [-0.39, 0.29) is 12.0 Å². The first-order valence-corrected chi connectivity index (χ1v) is 7.63. The second kappa shape index (κ2) is 5.69. The lowest BCUT2D eigenvalue weighted by Crippen LogP contribution is -2.44. The predicted molar refractivity (Wildman–Crippen MR) is 89.6 cm³/mol. The highest BCUT2D eigenvalue weighted by molar-refractivity contribution is 8.10. The lowest BCUT2D eigenvalue weighted by Gasteiger charge is -2.35. The quantitative estimate of drug-likeness (QED) is 0.507. The number of aromatic amines is 1. The number of fused-ring (bicyclic) bond motifs is 3. The van der Waals surface area contributed by atoms with Crippen molar-refractivity contribution in [3.05, 3.63) is 35.5 Å². The highest BCUT2D eigenvalue weighted by Crippen LogP contribution is 2.30. The largest absolute Gasteiger partial charge is 0.464 e. The standard InChI is InChI=1S/C15H16N2O2S2/c1-9(18)19-8-10-6-12-11-4-2-3-5-13(11)16-14(12)7-17(10)15(20)21/h2-5,10,16H,6-8H2,1H3,(H,20,21)/t10-/m0/s1. The molecule has 4 nitrogen and oxygen atoms in total. The molecule has 0 radical (unpaired) electrons. The van der Waals surface area contributed by atoms with Gasteiger partial charge < -0.3 is 14.6 Å². The van der Waals surface area contributed by atoms with Crippen LogP contribution < -0.4 is 0 Å². The zero-order chi connectivity index (χ0) is 15.0. The Labute approximate surface area is 133 Å². The number of hydrogen-bond donors (Lipinski definition) is 2. The number of ether oxygens (including phenoxy) is 1. The van der Waals surface area contributed by atoms with Crippen molar-refractivity contribution in [1.82, 2.24) is 9.88 Å². The zero-order valence-corrected chi connectivity index (χ0v) is 13.3. The number of nitrogens with one attached hydrogen (secondary N) is 1. The van der Waals surface area contributed by atoms with Crippen molar-refractivity contribution in [3.63, 3.8) is 0 Å². The number of hydrogen-bond acceptors (Lipinski definition) is 3. The molecule has 6 heteroatoms. The molecular formula is C15H16N2O2S2. The Hall–Kier alpha value is -1.53. The topological polar surface area (TPSA) is 45.3 Å². The van der Waals surface area contributed by atoms with Gasteiger partial charge in [0.05, 0.1) is 12.6 Å². The summed E-state index contributed by atoms with van der Waals surface area (Å²) in [5.74, 6) is -0.273. The van der Waals surface area contributed by atoms with Crippen molar-refractivity contribution in [2.24, 2.45) is 0 Å². The van der Waals surface area contributed by atoms with E-state index in [9.17, 15) is 4.79 Å². The van der Waals surface area contributed by atoms with Crippen molar-refractivity contribution in [2.75, 3.05) is 6.61 Å². The number of para-hydroxylation sites is 1. The van der Waals surface area contributed by atoms with Gasteiger partial charge in [-0.15, -0.1) is 12.6 Å². The molecule has 110 valence electrons. The van der Waals surface area contributed by atoms with Gasteiger partial charge in [0.1, 0.15) is 10.9 Å². The second-order valence-electron chi connectivity index (χ2n) is 5.20. The highest BCUT2D eigenvalue weighted by atomic mass is 32.1. The van der Waals surface area contributed by atoms with Crippen LogP contribution in [0.1, 0.15) is 18.2 Å². The Morgan fingerprint density at radius 2 is 2.29 bits per heavy atom. The maximum Gasteiger partial charge on any atom is 0.302 e. The minimum atomic E-state index is -0.273. The summed E-state index contributed by atoms with van der Waals surface area (Å²) in [5.41, 5.74) is 3.57. The number of thiocarbonyl (C=S) groups is 1. The van der Waals surface area contributed by atoms with E-state index in [4.69, 9.17) is 17.0 Å². The van der Waals surface area contributed by atoms with Crippen molar-refractivity contribution >= 4 is 46.0 Å². The summed E-state index contributed by atoms with van der Waals surface area (Å²) < 4.78 is 5.71. The highest BCUT2D eigenvalue weighted by Gasteiger charge is 2.30. The van der Waals surface area contributed by atoms with E-state index in [1.54, 1.807) is 0 Å². The molecule has 0 saturated heterocycles. The van der Waals surface area contributed by atoms with Crippen LogP contribution in [0.5, 0.6) is 0 Å². The molecule has 2 heterocycles. The van der Waals surface area contributed by atoms with Crippen LogP contribution in [0.3, 0.4) is 0 Å². The summed E-state index contributed by atoms with van der Waals surface area (Å²) in [6.45, 7) is 2.41. The molecule has 0 aliphatic carbocycles. The van der Waals surface area contributed by atoms with Gasteiger partial charge in [-0.3, -0.25) is 4.79 Å². The molecule has 0 amide bonds. The van der Waals surface area contributed by atoms with Crippen molar-refractivity contribution in [2.45, 2.75) is 25.9 Å². The van der Waals surface area contributed by atoms with Gasteiger partial charge in [-0.05, 0) is 18.1 Å². The van der Waals surface area contributed by atoms with Gasteiger partial charge in [0.15, 0.2) is 0 Å². The number of rotatable bonds is 2. The van der Waals surface area contributed by atoms with E-state index in [1.807, 2.05) is 17.0 Å². The number of H-pyrrole nitrogens is 1. The molecule has 1 aliphatic heterocycles. The normalized spacial score (nSPS) is 17.6. The first-order valence-electron chi connectivity index (χ1n) is 6.77. The van der Waals surface area contributed by atoms with Crippen LogP contribution in [-0.2, 0) is 22.5 Å². The van der Waals surface area contributed by atoms with Crippen LogP contribution in [0.4, 0.5) is 0 Å². The molecule has 2 aromatic rings. The summed E-state index contributed by atoms with van der Waals surface area (Å²) in [7, 11) is 0. The fraction of sp³-hybridized carbons (Fsp3) is 0.333. The van der Waals surface area contributed by atoms with E-state index in [2.05, 4.69) is 29.7 Å². The van der Waals surface area contributed by atoms with Crippen LogP contribution in [-0.4, -0.2) is 32.8 Å². The predicted octanol–water partition coefficient (Wildman–Crippen LogP) is 2.67. The van der Waals surface area contributed by atoms with E-state index >= 15 is 0 Å². The molecular weight excluding hydrogens is 304 g/mol. The van der Waals surface area contributed by atoms with Crippen LogP contribution in [0.25, 0.3) is 10.9 Å². The first kappa shape index (κ1) is 14.4. The van der Waals surface area contributed by atoms with Gasteiger partial charge in [0.2, 0.25) is 0 Å². The lowest BCUT2D eigenvalue weighted by molar-refractivity contribution is -0.142. The third-order valence-corrected chi connectivity index (χ3v) is 4.33. The molecule has 21 heavy (non-hydrogen) atoms. The molecule has 0 unspecified atom stereocenters. The van der Waals surface area contributed by atoms with E-state index in [0.29, 0.717) is 17.5 Å². The van der Waals surface area contributed by atoms with Gasteiger partial charge in [-0.2, -0.15) is 0 Å².